The third kappa shape index (κ3) is 3.40. The average Bonchev–Trinajstić information content (AvgIpc) is 1.88. The van der Waals surface area contributed by atoms with Crippen molar-refractivity contribution in [3.05, 3.63) is 33.4 Å². The zero-order valence-corrected chi connectivity index (χ0v) is 9.11. The molecule has 0 N–H and O–H groups in total. The standard InChI is InChI=1S/C7H4ClIO.ClH/c8-7(10)5-1-3-6(9)4-2-5;/h1-4H;1H. The van der Waals surface area contributed by atoms with Crippen molar-refractivity contribution in [3.8, 4) is 0 Å². The zero-order chi connectivity index (χ0) is 7.56. The van der Waals surface area contributed by atoms with Crippen molar-refractivity contribution in [2.45, 2.75) is 0 Å². The van der Waals surface area contributed by atoms with E-state index in [-0.39, 0.29) is 12.4 Å². The third-order valence-corrected chi connectivity index (χ3v) is 2.01. The van der Waals surface area contributed by atoms with Gasteiger partial charge >= 0.3 is 0 Å². The van der Waals surface area contributed by atoms with Gasteiger partial charge in [0.1, 0.15) is 0 Å². The molecule has 0 saturated heterocycles. The molecule has 0 atom stereocenters. The van der Waals surface area contributed by atoms with E-state index < -0.39 is 5.24 Å². The molecule has 0 aliphatic heterocycles. The number of hydrogen-bond acceptors (Lipinski definition) is 1. The number of carbonyl (C=O) groups excluding carboxylic acids is 1. The maximum absolute atomic E-state index is 10.5. The Labute approximate surface area is 89.7 Å². The first-order valence-corrected chi connectivity index (χ1v) is 4.11. The molecule has 0 spiro atoms. The molecule has 0 amide bonds. The summed E-state index contributed by atoms with van der Waals surface area (Å²) < 4.78 is 1.10. The fourth-order valence-electron chi connectivity index (χ4n) is 0.581. The molecule has 11 heavy (non-hydrogen) atoms. The van der Waals surface area contributed by atoms with Crippen LogP contribution in [-0.4, -0.2) is 5.24 Å². The summed E-state index contributed by atoms with van der Waals surface area (Å²) in [5.41, 5.74) is 0.544. The molecule has 0 aliphatic carbocycles. The lowest BCUT2D eigenvalue weighted by Crippen LogP contribution is -1.86. The Hall–Kier alpha value is 0.200. The largest absolute Gasteiger partial charge is 0.276 e. The van der Waals surface area contributed by atoms with Gasteiger partial charge in [-0.3, -0.25) is 4.79 Å². The summed E-state index contributed by atoms with van der Waals surface area (Å²) in [6.45, 7) is 0. The molecule has 0 radical (unpaired) electrons. The van der Waals surface area contributed by atoms with E-state index in [1.165, 1.54) is 0 Å². The Morgan fingerprint density at radius 1 is 1.27 bits per heavy atom. The van der Waals surface area contributed by atoms with Crippen molar-refractivity contribution < 1.29 is 4.79 Å². The van der Waals surface area contributed by atoms with Crippen molar-refractivity contribution in [2.75, 3.05) is 0 Å². The number of halogens is 3. The Balaban J connectivity index is 0.000001000. The molecule has 0 unspecified atom stereocenters. The Bertz CT molecular complexity index is 245. The van der Waals surface area contributed by atoms with Gasteiger partial charge in [-0.05, 0) is 58.5 Å². The van der Waals surface area contributed by atoms with E-state index >= 15 is 0 Å². The molecular formula is C7H5Cl2IO. The number of benzene rings is 1. The summed E-state index contributed by atoms with van der Waals surface area (Å²) in [6, 6.07) is 7.10. The second kappa shape index (κ2) is 4.95. The normalized spacial score (nSPS) is 8.55. The van der Waals surface area contributed by atoms with Crippen molar-refractivity contribution in [2.24, 2.45) is 0 Å². The monoisotopic (exact) mass is 302 g/mol. The highest BCUT2D eigenvalue weighted by atomic mass is 127. The molecule has 4 heteroatoms. The van der Waals surface area contributed by atoms with Crippen LogP contribution >= 0.6 is 46.6 Å². The summed E-state index contributed by atoms with van der Waals surface area (Å²) >= 11 is 7.38. The summed E-state index contributed by atoms with van der Waals surface area (Å²) in [4.78, 5) is 10.5. The third-order valence-electron chi connectivity index (χ3n) is 1.07. The molecule has 0 heterocycles. The first-order valence-electron chi connectivity index (χ1n) is 2.65. The van der Waals surface area contributed by atoms with Crippen LogP contribution in [0, 0.1) is 3.57 Å². The van der Waals surface area contributed by atoms with Gasteiger partial charge in [0.2, 0.25) is 0 Å². The molecule has 1 rings (SSSR count). The summed E-state index contributed by atoms with van der Waals surface area (Å²) in [6.07, 6.45) is 0. The van der Waals surface area contributed by atoms with Crippen LogP contribution in [0.4, 0.5) is 0 Å². The van der Waals surface area contributed by atoms with Gasteiger partial charge in [0.05, 0.1) is 0 Å². The fraction of sp³-hybridized carbons (Fsp3) is 0. The fourth-order valence-corrected chi connectivity index (χ4v) is 1.07. The first kappa shape index (κ1) is 11.2. The van der Waals surface area contributed by atoms with Crippen LogP contribution in [0.5, 0.6) is 0 Å². The van der Waals surface area contributed by atoms with Crippen molar-refractivity contribution >= 4 is 51.8 Å². The topological polar surface area (TPSA) is 17.1 Å². The van der Waals surface area contributed by atoms with Gasteiger partial charge in [-0.15, -0.1) is 12.4 Å². The lowest BCUT2D eigenvalue weighted by molar-refractivity contribution is 0.108. The maximum Gasteiger partial charge on any atom is 0.252 e. The van der Waals surface area contributed by atoms with Gasteiger partial charge in [0.25, 0.3) is 5.24 Å². The second-order valence-corrected chi connectivity index (χ2v) is 3.37. The van der Waals surface area contributed by atoms with Crippen molar-refractivity contribution in [1.29, 1.82) is 0 Å². The van der Waals surface area contributed by atoms with Crippen molar-refractivity contribution in [3.63, 3.8) is 0 Å². The minimum atomic E-state index is -0.406. The van der Waals surface area contributed by atoms with E-state index in [9.17, 15) is 4.79 Å². The molecule has 0 bridgehead atoms. The van der Waals surface area contributed by atoms with Crippen LogP contribution in [0.25, 0.3) is 0 Å². The molecule has 60 valence electrons. The molecule has 1 aromatic rings. The van der Waals surface area contributed by atoms with Crippen molar-refractivity contribution in [1.82, 2.24) is 0 Å². The predicted octanol–water partition coefficient (Wildman–Crippen LogP) is 3.09. The Morgan fingerprint density at radius 2 is 1.73 bits per heavy atom. The van der Waals surface area contributed by atoms with Crippen LogP contribution in [0.3, 0.4) is 0 Å². The van der Waals surface area contributed by atoms with Gasteiger partial charge in [-0.2, -0.15) is 0 Å². The predicted molar refractivity (Wildman–Crippen MR) is 56.6 cm³/mol. The number of hydrogen-bond donors (Lipinski definition) is 0. The Morgan fingerprint density at radius 3 is 2.09 bits per heavy atom. The van der Waals surface area contributed by atoms with Gasteiger partial charge in [0.15, 0.2) is 0 Å². The van der Waals surface area contributed by atoms with Gasteiger partial charge in [-0.25, -0.2) is 0 Å². The summed E-state index contributed by atoms with van der Waals surface area (Å²) in [5.74, 6) is 0. The van der Waals surface area contributed by atoms with E-state index in [0.29, 0.717) is 5.56 Å². The first-order chi connectivity index (χ1) is 4.70. The quantitative estimate of drug-likeness (QED) is 0.575. The van der Waals surface area contributed by atoms with E-state index in [4.69, 9.17) is 11.6 Å². The highest BCUT2D eigenvalue weighted by molar-refractivity contribution is 14.1. The second-order valence-electron chi connectivity index (χ2n) is 1.78. The minimum absolute atomic E-state index is 0. The smallest absolute Gasteiger partial charge is 0.252 e. The molecule has 0 fully saturated rings. The van der Waals surface area contributed by atoms with E-state index in [0.717, 1.165) is 3.57 Å². The zero-order valence-electron chi connectivity index (χ0n) is 5.38. The van der Waals surface area contributed by atoms with E-state index in [1.54, 1.807) is 12.1 Å². The van der Waals surface area contributed by atoms with Crippen LogP contribution in [0.15, 0.2) is 24.3 Å². The van der Waals surface area contributed by atoms with Gasteiger partial charge in [0, 0.05) is 9.13 Å². The Kier molecular flexibility index (Phi) is 5.04. The molecule has 1 aromatic carbocycles. The molecule has 1 nitrogen and oxygen atoms in total. The van der Waals surface area contributed by atoms with E-state index in [1.807, 2.05) is 12.1 Å². The van der Waals surface area contributed by atoms with Crippen LogP contribution in [0.2, 0.25) is 0 Å². The van der Waals surface area contributed by atoms with Crippen LogP contribution < -0.4 is 0 Å². The lowest BCUT2D eigenvalue weighted by Gasteiger charge is -1.91. The van der Waals surface area contributed by atoms with Gasteiger partial charge < -0.3 is 0 Å². The SMILES string of the molecule is Cl.O=C(Cl)c1ccc(I)cc1. The molecular weight excluding hydrogens is 298 g/mol. The summed E-state index contributed by atoms with van der Waals surface area (Å²) in [7, 11) is 0. The highest BCUT2D eigenvalue weighted by Gasteiger charge is 1.98. The van der Waals surface area contributed by atoms with E-state index in [2.05, 4.69) is 22.6 Å². The summed E-state index contributed by atoms with van der Waals surface area (Å²) in [5, 5.41) is -0.406. The van der Waals surface area contributed by atoms with Crippen LogP contribution in [-0.2, 0) is 0 Å². The van der Waals surface area contributed by atoms with Gasteiger partial charge in [-0.1, -0.05) is 0 Å². The lowest BCUT2D eigenvalue weighted by atomic mass is 10.2. The highest BCUT2D eigenvalue weighted by Crippen LogP contribution is 2.08. The molecule has 0 aliphatic rings. The number of carbonyl (C=O) groups is 1. The average molecular weight is 303 g/mol. The maximum atomic E-state index is 10.5. The molecule has 0 saturated carbocycles. The molecule has 0 aromatic heterocycles. The number of rotatable bonds is 1. The van der Waals surface area contributed by atoms with Crippen LogP contribution in [0.1, 0.15) is 10.4 Å². The minimum Gasteiger partial charge on any atom is -0.276 e.